The Labute approximate surface area is 76.0 Å². The van der Waals surface area contributed by atoms with Gasteiger partial charge < -0.3 is 5.11 Å². The van der Waals surface area contributed by atoms with Crippen molar-refractivity contribution < 1.29 is 13.9 Å². The van der Waals surface area contributed by atoms with Crippen molar-refractivity contribution in [1.29, 1.82) is 0 Å². The highest BCUT2D eigenvalue weighted by molar-refractivity contribution is 5.21. The van der Waals surface area contributed by atoms with Gasteiger partial charge in [-0.15, -0.1) is 0 Å². The van der Waals surface area contributed by atoms with Crippen LogP contribution in [0.1, 0.15) is 24.8 Å². The first-order chi connectivity index (χ1) is 6.13. The normalized spacial score (nSPS) is 12.9. The topological polar surface area (TPSA) is 20.2 Å². The molecule has 1 N–H and O–H groups in total. The highest BCUT2D eigenvalue weighted by atomic mass is 19.1. The minimum Gasteiger partial charge on any atom is -0.396 e. The fourth-order valence-electron chi connectivity index (χ4n) is 1.22. The Morgan fingerprint density at radius 3 is 2.23 bits per heavy atom. The zero-order valence-corrected chi connectivity index (χ0v) is 7.43. The van der Waals surface area contributed by atoms with Gasteiger partial charge in [-0.25, -0.2) is 8.78 Å². The van der Waals surface area contributed by atoms with Gasteiger partial charge >= 0.3 is 0 Å². The molecule has 0 fully saturated rings. The molecular weight excluding hydrogens is 174 g/mol. The highest BCUT2D eigenvalue weighted by Crippen LogP contribution is 2.20. The summed E-state index contributed by atoms with van der Waals surface area (Å²) in [5.74, 6) is -1.16. The van der Waals surface area contributed by atoms with Crippen LogP contribution < -0.4 is 0 Å². The fraction of sp³-hybridized carbons (Fsp3) is 0.400. The Morgan fingerprint density at radius 1 is 1.23 bits per heavy atom. The van der Waals surface area contributed by atoms with E-state index in [1.54, 1.807) is 0 Å². The van der Waals surface area contributed by atoms with E-state index in [1.165, 1.54) is 12.1 Å². The Kier molecular flexibility index (Phi) is 3.37. The molecule has 0 heterocycles. The molecular formula is C10H12F2O. The van der Waals surface area contributed by atoms with E-state index >= 15 is 0 Å². The molecule has 0 spiro atoms. The maximum atomic E-state index is 12.7. The van der Waals surface area contributed by atoms with Gasteiger partial charge in [0.2, 0.25) is 0 Å². The van der Waals surface area contributed by atoms with E-state index in [0.717, 1.165) is 6.07 Å². The average molecular weight is 186 g/mol. The first-order valence-corrected chi connectivity index (χ1v) is 4.20. The molecule has 1 aromatic rings. The van der Waals surface area contributed by atoms with Crippen LogP contribution in [-0.2, 0) is 0 Å². The molecule has 3 heteroatoms. The van der Waals surface area contributed by atoms with Crippen LogP contribution in [0.5, 0.6) is 0 Å². The molecule has 0 aliphatic heterocycles. The minimum atomic E-state index is -0.570. The molecule has 1 unspecified atom stereocenters. The third-order valence-electron chi connectivity index (χ3n) is 2.02. The minimum absolute atomic E-state index is 0.0183. The molecule has 1 atom stereocenters. The molecule has 0 aromatic heterocycles. The second-order valence-corrected chi connectivity index (χ2v) is 3.12. The summed E-state index contributed by atoms with van der Waals surface area (Å²) >= 11 is 0. The monoisotopic (exact) mass is 186 g/mol. The van der Waals surface area contributed by atoms with Gasteiger partial charge in [0.1, 0.15) is 11.6 Å². The van der Waals surface area contributed by atoms with Crippen molar-refractivity contribution in [2.75, 3.05) is 6.61 Å². The van der Waals surface area contributed by atoms with Crippen LogP contribution in [0, 0.1) is 11.6 Å². The van der Waals surface area contributed by atoms with Crippen molar-refractivity contribution in [2.24, 2.45) is 0 Å². The van der Waals surface area contributed by atoms with Crippen LogP contribution in [0.2, 0.25) is 0 Å². The summed E-state index contributed by atoms with van der Waals surface area (Å²) in [6, 6.07) is 3.43. The number of rotatable bonds is 3. The van der Waals surface area contributed by atoms with Crippen LogP contribution in [0.25, 0.3) is 0 Å². The SMILES string of the molecule is CC(CCO)c1cc(F)cc(F)c1. The number of hydrogen-bond acceptors (Lipinski definition) is 1. The van der Waals surface area contributed by atoms with Crippen LogP contribution in [-0.4, -0.2) is 11.7 Å². The van der Waals surface area contributed by atoms with Crippen molar-refractivity contribution in [3.63, 3.8) is 0 Å². The lowest BCUT2D eigenvalue weighted by molar-refractivity contribution is 0.278. The standard InChI is InChI=1S/C10H12F2O/c1-7(2-3-13)8-4-9(11)6-10(12)5-8/h4-7,13H,2-3H2,1H3. The zero-order chi connectivity index (χ0) is 9.84. The zero-order valence-electron chi connectivity index (χ0n) is 7.43. The van der Waals surface area contributed by atoms with E-state index in [4.69, 9.17) is 5.11 Å². The number of aliphatic hydroxyl groups is 1. The van der Waals surface area contributed by atoms with E-state index < -0.39 is 11.6 Å². The molecule has 13 heavy (non-hydrogen) atoms. The van der Waals surface area contributed by atoms with Crippen molar-refractivity contribution >= 4 is 0 Å². The molecule has 0 amide bonds. The summed E-state index contributed by atoms with van der Waals surface area (Å²) in [7, 11) is 0. The lowest BCUT2D eigenvalue weighted by Crippen LogP contribution is -1.98. The first-order valence-electron chi connectivity index (χ1n) is 4.20. The summed E-state index contributed by atoms with van der Waals surface area (Å²) in [5.41, 5.74) is 0.589. The van der Waals surface area contributed by atoms with Crippen molar-refractivity contribution in [3.8, 4) is 0 Å². The Hall–Kier alpha value is -0.960. The van der Waals surface area contributed by atoms with Crippen LogP contribution in [0.4, 0.5) is 8.78 Å². The molecule has 0 aliphatic rings. The fourth-order valence-corrected chi connectivity index (χ4v) is 1.22. The van der Waals surface area contributed by atoms with Gasteiger partial charge in [-0.05, 0) is 30.0 Å². The van der Waals surface area contributed by atoms with Crippen molar-refractivity contribution in [3.05, 3.63) is 35.4 Å². The van der Waals surface area contributed by atoms with Gasteiger partial charge in [0.25, 0.3) is 0 Å². The molecule has 72 valence electrons. The second-order valence-electron chi connectivity index (χ2n) is 3.12. The lowest BCUT2D eigenvalue weighted by atomic mass is 9.98. The van der Waals surface area contributed by atoms with E-state index in [0.29, 0.717) is 12.0 Å². The van der Waals surface area contributed by atoms with Crippen molar-refractivity contribution in [1.82, 2.24) is 0 Å². The van der Waals surface area contributed by atoms with Gasteiger partial charge in [0.05, 0.1) is 0 Å². The Balaban J connectivity index is 2.87. The van der Waals surface area contributed by atoms with Gasteiger partial charge in [-0.1, -0.05) is 6.92 Å². The summed E-state index contributed by atoms with van der Waals surface area (Å²) in [6.07, 6.45) is 0.517. The molecule has 1 nitrogen and oxygen atoms in total. The van der Waals surface area contributed by atoms with E-state index in [2.05, 4.69) is 0 Å². The molecule has 0 bridgehead atoms. The lowest BCUT2D eigenvalue weighted by Gasteiger charge is -2.09. The van der Waals surface area contributed by atoms with Crippen LogP contribution >= 0.6 is 0 Å². The molecule has 0 saturated heterocycles. The van der Waals surface area contributed by atoms with E-state index in [-0.39, 0.29) is 12.5 Å². The Morgan fingerprint density at radius 2 is 1.77 bits per heavy atom. The molecule has 1 rings (SSSR count). The number of aliphatic hydroxyl groups excluding tert-OH is 1. The molecule has 1 aromatic carbocycles. The molecule has 0 aliphatic carbocycles. The number of benzene rings is 1. The summed E-state index contributed by atoms with van der Waals surface area (Å²) in [6.45, 7) is 1.85. The van der Waals surface area contributed by atoms with Crippen LogP contribution in [0.15, 0.2) is 18.2 Å². The smallest absolute Gasteiger partial charge is 0.126 e. The summed E-state index contributed by atoms with van der Waals surface area (Å²) in [5, 5.41) is 8.65. The van der Waals surface area contributed by atoms with Gasteiger partial charge in [-0.2, -0.15) is 0 Å². The molecule has 0 saturated carbocycles. The van der Waals surface area contributed by atoms with Gasteiger partial charge in [0.15, 0.2) is 0 Å². The maximum absolute atomic E-state index is 12.7. The number of hydrogen-bond donors (Lipinski definition) is 1. The summed E-state index contributed by atoms with van der Waals surface area (Å²) in [4.78, 5) is 0. The summed E-state index contributed by atoms with van der Waals surface area (Å²) < 4.78 is 25.5. The second kappa shape index (κ2) is 4.33. The first kappa shape index (κ1) is 10.1. The van der Waals surface area contributed by atoms with E-state index in [1.807, 2.05) is 6.92 Å². The predicted molar refractivity (Wildman–Crippen MR) is 46.5 cm³/mol. The van der Waals surface area contributed by atoms with Gasteiger partial charge in [0, 0.05) is 12.7 Å². The van der Waals surface area contributed by atoms with E-state index in [9.17, 15) is 8.78 Å². The number of halogens is 2. The van der Waals surface area contributed by atoms with Gasteiger partial charge in [-0.3, -0.25) is 0 Å². The van der Waals surface area contributed by atoms with Crippen molar-refractivity contribution in [2.45, 2.75) is 19.3 Å². The third kappa shape index (κ3) is 2.77. The quantitative estimate of drug-likeness (QED) is 0.768. The Bertz CT molecular complexity index is 266. The maximum Gasteiger partial charge on any atom is 0.126 e. The van der Waals surface area contributed by atoms with Crippen LogP contribution in [0.3, 0.4) is 0 Å². The average Bonchev–Trinajstić information content (AvgIpc) is 2.03. The largest absolute Gasteiger partial charge is 0.396 e. The molecule has 0 radical (unpaired) electrons. The highest BCUT2D eigenvalue weighted by Gasteiger charge is 2.07. The predicted octanol–water partition coefficient (Wildman–Crippen LogP) is 2.45. The third-order valence-corrected chi connectivity index (χ3v) is 2.02.